The summed E-state index contributed by atoms with van der Waals surface area (Å²) in [6, 6.07) is 6.60. The molecule has 2 atom stereocenters. The molecule has 1 aliphatic rings. The van der Waals surface area contributed by atoms with E-state index in [1.54, 1.807) is 18.2 Å². The number of hydrogen-bond acceptors (Lipinski definition) is 4. The van der Waals surface area contributed by atoms with E-state index in [1.165, 1.54) is 24.2 Å². The maximum atomic E-state index is 14.3. The normalized spacial score (nSPS) is 20.0. The molecular formula is C21H29FN4OS. The summed E-state index contributed by atoms with van der Waals surface area (Å²) >= 11 is 1.39. The fourth-order valence-electron chi connectivity index (χ4n) is 3.85. The van der Waals surface area contributed by atoms with Gasteiger partial charge >= 0.3 is 0 Å². The molecular weight excluding hydrogens is 375 g/mol. The summed E-state index contributed by atoms with van der Waals surface area (Å²) in [5, 5.41) is 9.18. The lowest BCUT2D eigenvalue weighted by molar-refractivity contribution is -0.130. The number of hydrogen-bond donors (Lipinski definition) is 0. The summed E-state index contributed by atoms with van der Waals surface area (Å²) in [5.41, 5.74) is 0.438. The minimum atomic E-state index is -0.316. The van der Waals surface area contributed by atoms with E-state index in [4.69, 9.17) is 0 Å². The molecule has 0 spiro atoms. The number of aromatic nitrogens is 3. The summed E-state index contributed by atoms with van der Waals surface area (Å²) in [5.74, 6) is 2.08. The van der Waals surface area contributed by atoms with Crippen molar-refractivity contribution < 1.29 is 9.18 Å². The number of benzene rings is 1. The Balaban J connectivity index is 1.77. The molecule has 28 heavy (non-hydrogen) atoms. The number of likely N-dealkylation sites (tertiary alicyclic amines) is 1. The van der Waals surface area contributed by atoms with E-state index in [2.05, 4.69) is 37.9 Å². The van der Waals surface area contributed by atoms with Crippen LogP contribution in [0.15, 0.2) is 29.4 Å². The highest BCUT2D eigenvalue weighted by atomic mass is 32.2. The van der Waals surface area contributed by atoms with Crippen LogP contribution in [-0.4, -0.2) is 44.4 Å². The number of rotatable bonds is 6. The lowest BCUT2D eigenvalue weighted by atomic mass is 9.92. The smallest absolute Gasteiger partial charge is 0.233 e. The van der Waals surface area contributed by atoms with Gasteiger partial charge in [-0.1, -0.05) is 51.6 Å². The van der Waals surface area contributed by atoms with Crippen LogP contribution in [0.4, 0.5) is 4.39 Å². The number of amides is 1. The van der Waals surface area contributed by atoms with Crippen molar-refractivity contribution in [2.24, 2.45) is 17.8 Å². The van der Waals surface area contributed by atoms with E-state index >= 15 is 0 Å². The van der Waals surface area contributed by atoms with Crippen molar-refractivity contribution in [2.45, 2.75) is 45.8 Å². The summed E-state index contributed by atoms with van der Waals surface area (Å²) in [6.07, 6.45) is 1.17. The minimum Gasteiger partial charge on any atom is -0.341 e. The second-order valence-corrected chi connectivity index (χ2v) is 9.27. The lowest BCUT2D eigenvalue weighted by Crippen LogP contribution is -2.43. The quantitative estimate of drug-likeness (QED) is 0.672. The number of piperidine rings is 1. The first-order valence-electron chi connectivity index (χ1n) is 9.93. The van der Waals surface area contributed by atoms with Crippen molar-refractivity contribution >= 4 is 17.7 Å². The van der Waals surface area contributed by atoms with Gasteiger partial charge in [-0.15, -0.1) is 10.2 Å². The van der Waals surface area contributed by atoms with Crippen molar-refractivity contribution in [3.05, 3.63) is 30.1 Å². The molecule has 7 heteroatoms. The van der Waals surface area contributed by atoms with Gasteiger partial charge in [-0.25, -0.2) is 4.39 Å². The average molecular weight is 405 g/mol. The van der Waals surface area contributed by atoms with Crippen LogP contribution in [0.2, 0.25) is 0 Å². The van der Waals surface area contributed by atoms with Gasteiger partial charge in [0.2, 0.25) is 5.91 Å². The molecule has 0 radical (unpaired) electrons. The van der Waals surface area contributed by atoms with Gasteiger partial charge < -0.3 is 9.47 Å². The highest BCUT2D eigenvalue weighted by Crippen LogP contribution is 2.28. The predicted octanol–water partition coefficient (Wildman–Crippen LogP) is 4.34. The first-order valence-corrected chi connectivity index (χ1v) is 10.9. The Morgan fingerprint density at radius 1 is 1.21 bits per heavy atom. The van der Waals surface area contributed by atoms with Crippen molar-refractivity contribution in [2.75, 3.05) is 18.8 Å². The molecule has 1 aliphatic heterocycles. The van der Waals surface area contributed by atoms with Crippen LogP contribution >= 0.6 is 11.8 Å². The van der Waals surface area contributed by atoms with Crippen LogP contribution in [0, 0.1) is 23.6 Å². The Morgan fingerprint density at radius 2 is 1.89 bits per heavy atom. The topological polar surface area (TPSA) is 51.0 Å². The second kappa shape index (κ2) is 9.07. The second-order valence-electron chi connectivity index (χ2n) is 8.32. The van der Waals surface area contributed by atoms with E-state index in [-0.39, 0.29) is 11.7 Å². The molecule has 2 aromatic rings. The first-order chi connectivity index (χ1) is 13.3. The molecule has 0 unspecified atom stereocenters. The Bertz CT molecular complexity index is 812. The van der Waals surface area contributed by atoms with Gasteiger partial charge in [-0.2, -0.15) is 0 Å². The number of carbonyl (C=O) groups excluding carboxylic acids is 1. The van der Waals surface area contributed by atoms with Gasteiger partial charge in [-0.3, -0.25) is 4.79 Å². The van der Waals surface area contributed by atoms with Gasteiger partial charge in [0.15, 0.2) is 11.0 Å². The number of halogens is 1. The largest absolute Gasteiger partial charge is 0.341 e. The number of nitrogens with zero attached hydrogens (tertiary/aromatic N) is 4. The van der Waals surface area contributed by atoms with Crippen LogP contribution in [0.5, 0.6) is 0 Å². The summed E-state index contributed by atoms with van der Waals surface area (Å²) in [7, 11) is 0. The lowest BCUT2D eigenvalue weighted by Gasteiger charge is -2.35. The van der Waals surface area contributed by atoms with Gasteiger partial charge in [0.05, 0.1) is 11.3 Å². The van der Waals surface area contributed by atoms with Gasteiger partial charge in [0.1, 0.15) is 5.82 Å². The molecule has 1 amide bonds. The molecule has 1 aromatic heterocycles. The van der Waals surface area contributed by atoms with Crippen LogP contribution in [-0.2, 0) is 11.3 Å². The minimum absolute atomic E-state index is 0.134. The monoisotopic (exact) mass is 404 g/mol. The van der Waals surface area contributed by atoms with Crippen molar-refractivity contribution in [1.29, 1.82) is 0 Å². The van der Waals surface area contributed by atoms with Gasteiger partial charge in [-0.05, 0) is 36.3 Å². The maximum Gasteiger partial charge on any atom is 0.233 e. The molecule has 1 aromatic carbocycles. The van der Waals surface area contributed by atoms with E-state index < -0.39 is 0 Å². The summed E-state index contributed by atoms with van der Waals surface area (Å²) in [6.45, 7) is 10.9. The van der Waals surface area contributed by atoms with Crippen molar-refractivity contribution in [3.63, 3.8) is 0 Å². The summed E-state index contributed by atoms with van der Waals surface area (Å²) in [4.78, 5) is 14.7. The maximum absolute atomic E-state index is 14.3. The Hall–Kier alpha value is -1.89. The molecule has 152 valence electrons. The fourth-order valence-corrected chi connectivity index (χ4v) is 4.70. The predicted molar refractivity (Wildman–Crippen MR) is 111 cm³/mol. The Labute approximate surface area is 170 Å². The Kier molecular flexibility index (Phi) is 6.75. The highest BCUT2D eigenvalue weighted by molar-refractivity contribution is 7.99. The van der Waals surface area contributed by atoms with Crippen LogP contribution < -0.4 is 0 Å². The molecule has 0 bridgehead atoms. The molecule has 3 rings (SSSR count). The van der Waals surface area contributed by atoms with E-state index in [9.17, 15) is 9.18 Å². The third kappa shape index (κ3) is 4.93. The summed E-state index contributed by atoms with van der Waals surface area (Å²) < 4.78 is 16.2. The first kappa shape index (κ1) is 20.8. The Morgan fingerprint density at radius 3 is 2.54 bits per heavy atom. The standard InChI is InChI=1S/C21H29FN4OS/c1-14(2)10-26-20(17-7-5-6-8-18(17)22)23-24-21(26)28-13-19(27)25-11-15(3)9-16(4)12-25/h5-8,14-16H,9-13H2,1-4H3/t15-,16-/m0/s1. The van der Waals surface area contributed by atoms with Gasteiger partial charge in [0, 0.05) is 19.6 Å². The van der Waals surface area contributed by atoms with E-state index in [0.29, 0.717) is 46.6 Å². The zero-order valence-corrected chi connectivity index (χ0v) is 17.9. The van der Waals surface area contributed by atoms with Crippen molar-refractivity contribution in [1.82, 2.24) is 19.7 Å². The van der Waals surface area contributed by atoms with Crippen LogP contribution in [0.3, 0.4) is 0 Å². The average Bonchev–Trinajstić information content (AvgIpc) is 3.01. The van der Waals surface area contributed by atoms with E-state index in [0.717, 1.165) is 13.1 Å². The molecule has 1 fully saturated rings. The third-order valence-electron chi connectivity index (χ3n) is 4.93. The number of thioether (sulfide) groups is 1. The van der Waals surface area contributed by atoms with Crippen LogP contribution in [0.25, 0.3) is 11.4 Å². The molecule has 2 heterocycles. The van der Waals surface area contributed by atoms with E-state index in [1.807, 2.05) is 9.47 Å². The molecule has 0 aliphatic carbocycles. The molecule has 1 saturated heterocycles. The highest BCUT2D eigenvalue weighted by Gasteiger charge is 2.26. The molecule has 0 N–H and O–H groups in total. The zero-order chi connectivity index (χ0) is 20.3. The molecule has 0 saturated carbocycles. The van der Waals surface area contributed by atoms with Crippen molar-refractivity contribution in [3.8, 4) is 11.4 Å². The molecule has 5 nitrogen and oxygen atoms in total. The number of carbonyl (C=O) groups is 1. The van der Waals surface area contributed by atoms with Gasteiger partial charge in [0.25, 0.3) is 0 Å². The SMILES string of the molecule is CC(C)Cn1c(SCC(=O)N2C[C@@H](C)C[C@H](C)C2)nnc1-c1ccccc1F. The van der Waals surface area contributed by atoms with Crippen LogP contribution in [0.1, 0.15) is 34.1 Å². The zero-order valence-electron chi connectivity index (χ0n) is 17.1. The fraction of sp³-hybridized carbons (Fsp3) is 0.571. The third-order valence-corrected chi connectivity index (χ3v) is 5.88.